The third kappa shape index (κ3) is 5.33. The number of hydrogen-bond donors (Lipinski definition) is 0. The molecule has 0 aliphatic carbocycles. The summed E-state index contributed by atoms with van der Waals surface area (Å²) in [6.07, 6.45) is 0.880. The van der Waals surface area contributed by atoms with Crippen molar-refractivity contribution in [2.24, 2.45) is 0 Å². The molecule has 0 radical (unpaired) electrons. The third-order valence-corrected chi connectivity index (χ3v) is 4.79. The van der Waals surface area contributed by atoms with Crippen molar-refractivity contribution >= 4 is 18.1 Å². The quantitative estimate of drug-likeness (QED) is 0.586. The van der Waals surface area contributed by atoms with Crippen LogP contribution in [0.2, 0.25) is 0 Å². The van der Waals surface area contributed by atoms with Gasteiger partial charge in [0.05, 0.1) is 18.2 Å². The number of likely N-dealkylation sites (tertiary alicyclic amines) is 1. The Labute approximate surface area is 179 Å². The van der Waals surface area contributed by atoms with Gasteiger partial charge in [-0.2, -0.15) is 0 Å². The van der Waals surface area contributed by atoms with Crippen LogP contribution >= 0.6 is 0 Å². The summed E-state index contributed by atoms with van der Waals surface area (Å²) in [6.45, 7) is 18.1. The number of ether oxygens (including phenoxy) is 3. The van der Waals surface area contributed by atoms with Gasteiger partial charge in [-0.15, -0.1) is 0 Å². The molecule has 3 amide bonds. The zero-order valence-corrected chi connectivity index (χ0v) is 19.9. The third-order valence-electron chi connectivity index (χ3n) is 4.79. The standard InChI is InChI=1S/C22H36N2O6/c1-19(2,3)29-17(26)23-15(13-28-22(23,9)10)11-14-12-21(7,8)24(16(14)25)18(27)30-20(4,5)6/h11,15H,12-13H2,1-10H3/b14-11+/t15-/m0/s1. The van der Waals surface area contributed by atoms with E-state index in [1.807, 2.05) is 13.8 Å². The zero-order valence-electron chi connectivity index (χ0n) is 19.9. The predicted octanol–water partition coefficient (Wildman–Crippen LogP) is 4.23. The van der Waals surface area contributed by atoms with Crippen molar-refractivity contribution < 1.29 is 28.6 Å². The Hall–Kier alpha value is -2.09. The first-order valence-corrected chi connectivity index (χ1v) is 10.3. The second-order valence-electron chi connectivity index (χ2n) is 11.0. The molecule has 0 N–H and O–H groups in total. The van der Waals surface area contributed by atoms with Gasteiger partial charge in [-0.05, 0) is 69.2 Å². The van der Waals surface area contributed by atoms with Crippen LogP contribution in [0, 0.1) is 0 Å². The Balaban J connectivity index is 2.31. The first-order valence-electron chi connectivity index (χ1n) is 10.3. The van der Waals surface area contributed by atoms with Crippen LogP contribution in [-0.4, -0.2) is 63.0 Å². The lowest BCUT2D eigenvalue weighted by Gasteiger charge is -2.34. The molecule has 0 spiro atoms. The second-order valence-corrected chi connectivity index (χ2v) is 11.0. The van der Waals surface area contributed by atoms with Crippen molar-refractivity contribution in [3.05, 3.63) is 11.6 Å². The Kier molecular flexibility index (Phi) is 6.09. The Morgan fingerprint density at radius 2 is 1.50 bits per heavy atom. The summed E-state index contributed by atoms with van der Waals surface area (Å²) in [7, 11) is 0. The first kappa shape index (κ1) is 24.2. The fourth-order valence-corrected chi connectivity index (χ4v) is 3.66. The Bertz CT molecular complexity index is 755. The maximum atomic E-state index is 13.1. The minimum absolute atomic E-state index is 0.232. The molecule has 2 fully saturated rings. The monoisotopic (exact) mass is 424 g/mol. The summed E-state index contributed by atoms with van der Waals surface area (Å²) in [5.41, 5.74) is -2.54. The van der Waals surface area contributed by atoms with Crippen LogP contribution in [0.3, 0.4) is 0 Å². The number of amides is 3. The summed E-state index contributed by atoms with van der Waals surface area (Å²) in [4.78, 5) is 41.2. The van der Waals surface area contributed by atoms with E-state index >= 15 is 0 Å². The van der Waals surface area contributed by atoms with Gasteiger partial charge < -0.3 is 14.2 Å². The summed E-state index contributed by atoms with van der Waals surface area (Å²) < 4.78 is 16.8. The molecule has 2 heterocycles. The SMILES string of the molecule is CC(C)(C)OC(=O)N1C(=O)/C(=C/[C@H]2COC(C)(C)N2C(=O)OC(C)(C)C)CC1(C)C. The fraction of sp³-hybridized carbons (Fsp3) is 0.773. The molecule has 0 aromatic carbocycles. The second kappa shape index (κ2) is 7.55. The molecule has 2 rings (SSSR count). The summed E-state index contributed by atoms with van der Waals surface area (Å²) >= 11 is 0. The lowest BCUT2D eigenvalue weighted by Crippen LogP contribution is -2.49. The van der Waals surface area contributed by atoms with Gasteiger partial charge in [-0.3, -0.25) is 9.69 Å². The van der Waals surface area contributed by atoms with Gasteiger partial charge in [0.2, 0.25) is 0 Å². The highest BCUT2D eigenvalue weighted by molar-refractivity contribution is 6.06. The van der Waals surface area contributed by atoms with E-state index in [0.29, 0.717) is 12.0 Å². The molecule has 30 heavy (non-hydrogen) atoms. The first-order chi connectivity index (χ1) is 13.3. The molecule has 0 saturated carbocycles. The molecule has 0 aromatic heterocycles. The normalized spacial score (nSPS) is 25.1. The molecule has 0 aromatic rings. The molecule has 8 heteroatoms. The molecular formula is C22H36N2O6. The lowest BCUT2D eigenvalue weighted by molar-refractivity contribution is -0.127. The molecule has 2 aliphatic heterocycles. The van der Waals surface area contributed by atoms with Crippen molar-refractivity contribution in [2.45, 2.75) is 104 Å². The van der Waals surface area contributed by atoms with Gasteiger partial charge >= 0.3 is 12.2 Å². The van der Waals surface area contributed by atoms with Crippen LogP contribution in [0.1, 0.15) is 75.7 Å². The zero-order chi connectivity index (χ0) is 23.3. The predicted molar refractivity (Wildman–Crippen MR) is 112 cm³/mol. The summed E-state index contributed by atoms with van der Waals surface area (Å²) in [6, 6.07) is -0.483. The van der Waals surface area contributed by atoms with Crippen molar-refractivity contribution in [3.8, 4) is 0 Å². The number of hydrogen-bond acceptors (Lipinski definition) is 6. The Morgan fingerprint density at radius 1 is 1.00 bits per heavy atom. The van der Waals surface area contributed by atoms with Crippen LogP contribution in [-0.2, 0) is 19.0 Å². The van der Waals surface area contributed by atoms with E-state index in [1.54, 1.807) is 61.5 Å². The molecule has 2 aliphatic rings. The molecule has 8 nitrogen and oxygen atoms in total. The minimum Gasteiger partial charge on any atom is -0.444 e. The molecule has 2 saturated heterocycles. The van der Waals surface area contributed by atoms with Gasteiger partial charge in [0.15, 0.2) is 0 Å². The van der Waals surface area contributed by atoms with Gasteiger partial charge in [-0.25, -0.2) is 14.5 Å². The van der Waals surface area contributed by atoms with Crippen LogP contribution < -0.4 is 0 Å². The van der Waals surface area contributed by atoms with Crippen LogP contribution in [0.25, 0.3) is 0 Å². The van der Waals surface area contributed by atoms with E-state index in [1.165, 1.54) is 4.90 Å². The lowest BCUT2D eigenvalue weighted by atomic mass is 9.99. The fourth-order valence-electron chi connectivity index (χ4n) is 3.66. The average molecular weight is 425 g/mol. The summed E-state index contributed by atoms with van der Waals surface area (Å²) in [5.74, 6) is -0.414. The van der Waals surface area contributed by atoms with E-state index in [4.69, 9.17) is 14.2 Å². The van der Waals surface area contributed by atoms with Gasteiger partial charge in [0, 0.05) is 12.0 Å². The minimum atomic E-state index is -0.883. The van der Waals surface area contributed by atoms with Crippen molar-refractivity contribution in [3.63, 3.8) is 0 Å². The number of nitrogens with zero attached hydrogens (tertiary/aromatic N) is 2. The molecule has 0 unspecified atom stereocenters. The van der Waals surface area contributed by atoms with Crippen LogP contribution in [0.5, 0.6) is 0 Å². The highest BCUT2D eigenvalue weighted by Crippen LogP contribution is 2.37. The maximum Gasteiger partial charge on any atom is 0.417 e. The number of carbonyl (C=O) groups excluding carboxylic acids is 3. The maximum absolute atomic E-state index is 13.1. The van der Waals surface area contributed by atoms with E-state index in [2.05, 4.69) is 0 Å². The topological polar surface area (TPSA) is 85.4 Å². The number of imide groups is 1. The summed E-state index contributed by atoms with van der Waals surface area (Å²) in [5, 5.41) is 0. The van der Waals surface area contributed by atoms with Crippen LogP contribution in [0.15, 0.2) is 11.6 Å². The smallest absolute Gasteiger partial charge is 0.417 e. The average Bonchev–Trinajstić information content (AvgIpc) is 2.88. The van der Waals surface area contributed by atoms with Gasteiger partial charge in [-0.1, -0.05) is 6.08 Å². The van der Waals surface area contributed by atoms with Gasteiger partial charge in [0.1, 0.15) is 16.9 Å². The van der Waals surface area contributed by atoms with Crippen molar-refractivity contribution in [1.82, 2.24) is 9.80 Å². The van der Waals surface area contributed by atoms with Crippen LogP contribution in [0.4, 0.5) is 9.59 Å². The molecule has 170 valence electrons. The van der Waals surface area contributed by atoms with E-state index in [0.717, 1.165) is 4.90 Å². The van der Waals surface area contributed by atoms with E-state index in [-0.39, 0.29) is 6.61 Å². The molecular weight excluding hydrogens is 388 g/mol. The largest absolute Gasteiger partial charge is 0.444 e. The van der Waals surface area contributed by atoms with Crippen molar-refractivity contribution in [2.75, 3.05) is 6.61 Å². The molecule has 0 bridgehead atoms. The highest BCUT2D eigenvalue weighted by atomic mass is 16.6. The Morgan fingerprint density at radius 3 is 2.00 bits per heavy atom. The number of carbonyl (C=O) groups is 3. The van der Waals surface area contributed by atoms with E-state index < -0.39 is 46.6 Å². The van der Waals surface area contributed by atoms with E-state index in [9.17, 15) is 14.4 Å². The van der Waals surface area contributed by atoms with Crippen molar-refractivity contribution in [1.29, 1.82) is 0 Å². The van der Waals surface area contributed by atoms with Gasteiger partial charge in [0.25, 0.3) is 5.91 Å². The molecule has 1 atom stereocenters. The highest BCUT2D eigenvalue weighted by Gasteiger charge is 2.49. The number of rotatable bonds is 1.